The van der Waals surface area contributed by atoms with Crippen LogP contribution < -0.4 is 10.3 Å². The molecule has 5 aromatic rings. The molecule has 0 atom stereocenters. The van der Waals surface area contributed by atoms with Crippen molar-refractivity contribution in [2.45, 2.75) is 34.3 Å². The minimum Gasteiger partial charge on any atom is -0.485 e. The van der Waals surface area contributed by atoms with Crippen molar-refractivity contribution in [1.82, 2.24) is 19.2 Å². The summed E-state index contributed by atoms with van der Waals surface area (Å²) in [7, 11) is 0. The van der Waals surface area contributed by atoms with E-state index in [1.807, 2.05) is 61.0 Å². The maximum absolute atomic E-state index is 13.6. The largest absolute Gasteiger partial charge is 0.485 e. The lowest BCUT2D eigenvalue weighted by molar-refractivity contribution is 0.308. The Morgan fingerprint density at radius 3 is 2.50 bits per heavy atom. The van der Waals surface area contributed by atoms with Crippen molar-refractivity contribution in [3.63, 3.8) is 0 Å². The molecule has 0 N–H and O–H groups in total. The molecule has 0 saturated heterocycles. The highest BCUT2D eigenvalue weighted by molar-refractivity contribution is 5.66. The molecule has 6 heteroatoms. The Morgan fingerprint density at radius 2 is 1.71 bits per heavy atom. The molecule has 34 heavy (non-hydrogen) atoms. The number of benzene rings is 2. The number of aromatic nitrogens is 4. The maximum atomic E-state index is 13.6. The number of pyridine rings is 1. The standard InChI is InChI=1S/C28H26N4O2/c1-18-12-13-19(2)24(15-18)32-20(3)16-23(30-32)26-21(4)29-27-25(11-8-14-31(27)28(26)33)34-17-22-9-6-5-7-10-22/h5-16H,17H2,1-4H3. The summed E-state index contributed by atoms with van der Waals surface area (Å²) in [5.74, 6) is 0.565. The predicted molar refractivity (Wildman–Crippen MR) is 134 cm³/mol. The topological polar surface area (TPSA) is 61.4 Å². The van der Waals surface area contributed by atoms with E-state index in [0.717, 1.165) is 28.1 Å². The summed E-state index contributed by atoms with van der Waals surface area (Å²) >= 11 is 0. The summed E-state index contributed by atoms with van der Waals surface area (Å²) in [6.45, 7) is 8.36. The fourth-order valence-corrected chi connectivity index (χ4v) is 4.17. The van der Waals surface area contributed by atoms with Gasteiger partial charge in [-0.1, -0.05) is 42.5 Å². The third kappa shape index (κ3) is 3.88. The van der Waals surface area contributed by atoms with Gasteiger partial charge in [-0.15, -0.1) is 0 Å². The van der Waals surface area contributed by atoms with Crippen molar-refractivity contribution < 1.29 is 4.74 Å². The number of hydrogen-bond acceptors (Lipinski definition) is 4. The van der Waals surface area contributed by atoms with Gasteiger partial charge in [0, 0.05) is 11.9 Å². The lowest BCUT2D eigenvalue weighted by Crippen LogP contribution is -2.19. The predicted octanol–water partition coefficient (Wildman–Crippen LogP) is 5.36. The van der Waals surface area contributed by atoms with Crippen molar-refractivity contribution in [1.29, 1.82) is 0 Å². The lowest BCUT2D eigenvalue weighted by atomic mass is 10.1. The van der Waals surface area contributed by atoms with Gasteiger partial charge in [-0.3, -0.25) is 9.20 Å². The monoisotopic (exact) mass is 450 g/mol. The zero-order valence-electron chi connectivity index (χ0n) is 19.7. The zero-order chi connectivity index (χ0) is 23.8. The average molecular weight is 451 g/mol. The molecular weight excluding hydrogens is 424 g/mol. The third-order valence-electron chi connectivity index (χ3n) is 5.97. The van der Waals surface area contributed by atoms with Gasteiger partial charge in [-0.2, -0.15) is 5.10 Å². The van der Waals surface area contributed by atoms with E-state index in [2.05, 4.69) is 32.0 Å². The number of aryl methyl sites for hydroxylation is 4. The van der Waals surface area contributed by atoms with Crippen LogP contribution in [0.25, 0.3) is 22.6 Å². The molecule has 0 amide bonds. The van der Waals surface area contributed by atoms with Gasteiger partial charge in [0.15, 0.2) is 11.4 Å². The second-order valence-corrected chi connectivity index (χ2v) is 8.59. The molecule has 0 aliphatic carbocycles. The van der Waals surface area contributed by atoms with Gasteiger partial charge < -0.3 is 4.74 Å². The molecule has 0 bridgehead atoms. The van der Waals surface area contributed by atoms with Crippen molar-refractivity contribution in [3.05, 3.63) is 111 Å². The first kappa shape index (κ1) is 21.6. The van der Waals surface area contributed by atoms with Crippen molar-refractivity contribution in [3.8, 4) is 22.7 Å². The lowest BCUT2D eigenvalue weighted by Gasteiger charge is -2.12. The molecule has 3 heterocycles. The molecule has 2 aromatic carbocycles. The number of rotatable bonds is 5. The van der Waals surface area contributed by atoms with Gasteiger partial charge in [0.25, 0.3) is 5.56 Å². The fraction of sp³-hybridized carbons (Fsp3) is 0.179. The third-order valence-corrected chi connectivity index (χ3v) is 5.97. The van der Waals surface area contributed by atoms with Crippen LogP contribution in [0.4, 0.5) is 0 Å². The van der Waals surface area contributed by atoms with Crippen LogP contribution in [0.15, 0.2) is 77.7 Å². The van der Waals surface area contributed by atoms with Crippen LogP contribution in [0.1, 0.15) is 28.1 Å². The van der Waals surface area contributed by atoms with Crippen LogP contribution in [0.5, 0.6) is 5.75 Å². The second kappa shape index (κ2) is 8.63. The Balaban J connectivity index is 1.58. The van der Waals surface area contributed by atoms with Crippen molar-refractivity contribution >= 4 is 5.65 Å². The molecule has 170 valence electrons. The summed E-state index contributed by atoms with van der Waals surface area (Å²) in [5.41, 5.74) is 7.33. The van der Waals surface area contributed by atoms with E-state index in [1.54, 1.807) is 12.3 Å². The minimum atomic E-state index is -0.168. The SMILES string of the molecule is Cc1ccc(C)c(-n2nc(-c3c(C)nc4c(OCc5ccccc5)cccn4c3=O)cc2C)c1. The molecule has 0 aliphatic rings. The Hall–Kier alpha value is -4.19. The first-order valence-corrected chi connectivity index (χ1v) is 11.3. The molecule has 0 unspecified atom stereocenters. The number of hydrogen-bond donors (Lipinski definition) is 0. The fourth-order valence-electron chi connectivity index (χ4n) is 4.17. The van der Waals surface area contributed by atoms with E-state index in [-0.39, 0.29) is 5.56 Å². The Morgan fingerprint density at radius 1 is 0.912 bits per heavy atom. The summed E-state index contributed by atoms with van der Waals surface area (Å²) in [6.07, 6.45) is 1.72. The van der Waals surface area contributed by atoms with Gasteiger partial charge in [0.1, 0.15) is 12.3 Å². The second-order valence-electron chi connectivity index (χ2n) is 8.59. The molecule has 5 rings (SSSR count). The summed E-state index contributed by atoms with van der Waals surface area (Å²) in [6, 6.07) is 21.8. The van der Waals surface area contributed by atoms with E-state index in [9.17, 15) is 4.79 Å². The minimum absolute atomic E-state index is 0.168. The van der Waals surface area contributed by atoms with Crippen LogP contribution in [0.3, 0.4) is 0 Å². The van der Waals surface area contributed by atoms with Crippen LogP contribution >= 0.6 is 0 Å². The number of ether oxygens (including phenoxy) is 1. The molecule has 3 aromatic heterocycles. The highest BCUT2D eigenvalue weighted by Crippen LogP contribution is 2.25. The Labute approximate surface area is 198 Å². The van der Waals surface area contributed by atoms with Gasteiger partial charge in [-0.05, 0) is 68.7 Å². The zero-order valence-corrected chi connectivity index (χ0v) is 19.7. The molecule has 0 spiro atoms. The van der Waals surface area contributed by atoms with E-state index in [1.165, 1.54) is 4.40 Å². The summed E-state index contributed by atoms with van der Waals surface area (Å²) in [5, 5.41) is 4.81. The average Bonchev–Trinajstić information content (AvgIpc) is 3.20. The molecule has 6 nitrogen and oxygen atoms in total. The first-order valence-electron chi connectivity index (χ1n) is 11.3. The van der Waals surface area contributed by atoms with Crippen molar-refractivity contribution in [2.75, 3.05) is 0 Å². The van der Waals surface area contributed by atoms with E-state index >= 15 is 0 Å². The van der Waals surface area contributed by atoms with E-state index in [4.69, 9.17) is 14.8 Å². The highest BCUT2D eigenvalue weighted by atomic mass is 16.5. The number of fused-ring (bicyclic) bond motifs is 1. The van der Waals surface area contributed by atoms with Crippen molar-refractivity contribution in [2.24, 2.45) is 0 Å². The Bertz CT molecular complexity index is 1570. The van der Waals surface area contributed by atoms with Crippen LogP contribution in [-0.4, -0.2) is 19.2 Å². The van der Waals surface area contributed by atoms with Gasteiger partial charge >= 0.3 is 0 Å². The molecule has 0 aliphatic heterocycles. The maximum Gasteiger partial charge on any atom is 0.267 e. The quantitative estimate of drug-likeness (QED) is 0.362. The van der Waals surface area contributed by atoms with Crippen LogP contribution in [0.2, 0.25) is 0 Å². The molecule has 0 saturated carbocycles. The van der Waals surface area contributed by atoms with E-state index < -0.39 is 0 Å². The van der Waals surface area contributed by atoms with Gasteiger partial charge in [-0.25, -0.2) is 9.67 Å². The Kier molecular flexibility index (Phi) is 5.49. The first-order chi connectivity index (χ1) is 16.4. The summed E-state index contributed by atoms with van der Waals surface area (Å²) in [4.78, 5) is 18.3. The smallest absolute Gasteiger partial charge is 0.267 e. The number of nitrogens with zero attached hydrogens (tertiary/aromatic N) is 4. The van der Waals surface area contributed by atoms with Crippen LogP contribution in [-0.2, 0) is 6.61 Å². The highest BCUT2D eigenvalue weighted by Gasteiger charge is 2.19. The molecule has 0 radical (unpaired) electrons. The summed E-state index contributed by atoms with van der Waals surface area (Å²) < 4.78 is 9.45. The molecule has 0 fully saturated rings. The van der Waals surface area contributed by atoms with Gasteiger partial charge in [0.2, 0.25) is 0 Å². The van der Waals surface area contributed by atoms with Crippen LogP contribution in [0, 0.1) is 27.7 Å². The van der Waals surface area contributed by atoms with E-state index in [0.29, 0.717) is 35.0 Å². The molecular formula is C28H26N4O2. The normalized spacial score (nSPS) is 11.2. The van der Waals surface area contributed by atoms with Gasteiger partial charge in [0.05, 0.1) is 16.9 Å².